The van der Waals surface area contributed by atoms with Crippen LogP contribution in [0.3, 0.4) is 0 Å². The fraction of sp³-hybridized carbons (Fsp3) is 0.500. The molecule has 0 fully saturated rings. The molecular formula is C10H15Cl2U-. The van der Waals surface area contributed by atoms with E-state index in [9.17, 15) is 0 Å². The second-order valence-electron chi connectivity index (χ2n) is 3.20. The fourth-order valence-corrected chi connectivity index (χ4v) is 1.41. The molecule has 0 heterocycles. The van der Waals surface area contributed by atoms with Gasteiger partial charge in [0.15, 0.2) is 0 Å². The van der Waals surface area contributed by atoms with E-state index in [0.717, 1.165) is 0 Å². The van der Waals surface area contributed by atoms with Crippen LogP contribution in [0.25, 0.3) is 0 Å². The molecule has 0 aliphatic heterocycles. The van der Waals surface area contributed by atoms with Crippen LogP contribution in [0.15, 0.2) is 0 Å². The monoisotopic (exact) mass is 443 g/mol. The van der Waals surface area contributed by atoms with Crippen LogP contribution in [-0.2, 0) is 0 Å². The van der Waals surface area contributed by atoms with Gasteiger partial charge in [0.05, 0.1) is 0 Å². The maximum absolute atomic E-state index is 4.97. The van der Waals surface area contributed by atoms with Crippen LogP contribution >= 0.6 is 15.2 Å². The van der Waals surface area contributed by atoms with Gasteiger partial charge in [-0.3, -0.25) is 0 Å². The second kappa shape index (κ2) is 6.46. The Bertz CT molecular complexity index is 197. The van der Waals surface area contributed by atoms with Gasteiger partial charge in [0, 0.05) is 0 Å². The topological polar surface area (TPSA) is 0 Å². The van der Waals surface area contributed by atoms with Crippen LogP contribution in [0, 0.1) is 59.7 Å². The Balaban J connectivity index is 0.000000424. The van der Waals surface area contributed by atoms with E-state index in [0.29, 0.717) is 0 Å². The van der Waals surface area contributed by atoms with Gasteiger partial charge in [-0.2, -0.15) is 27.8 Å². The second-order valence-corrected chi connectivity index (χ2v) is 9.12. The van der Waals surface area contributed by atoms with Crippen LogP contribution in [0.2, 0.25) is 0 Å². The Kier molecular flexibility index (Phi) is 6.95. The molecule has 0 aromatic heterocycles. The minimum atomic E-state index is -1.06. The molecule has 3 heteroatoms. The first-order chi connectivity index (χ1) is 5.97. The molecule has 74 valence electrons. The van der Waals surface area contributed by atoms with Gasteiger partial charge in [0.2, 0.25) is 0 Å². The van der Waals surface area contributed by atoms with Crippen molar-refractivity contribution in [3.63, 3.8) is 0 Å². The Morgan fingerprint density at radius 1 is 0.923 bits per heavy atom. The molecule has 13 heavy (non-hydrogen) atoms. The molecule has 0 N–H and O–H groups in total. The van der Waals surface area contributed by atoms with E-state index >= 15 is 0 Å². The van der Waals surface area contributed by atoms with Crippen molar-refractivity contribution in [2.24, 2.45) is 0 Å². The first-order valence-corrected chi connectivity index (χ1v) is 14.3. The van der Waals surface area contributed by atoms with Crippen molar-refractivity contribution in [1.29, 1.82) is 0 Å². The summed E-state index contributed by atoms with van der Waals surface area (Å²) in [6, 6.07) is 0. The number of hydrogen-bond donors (Lipinski definition) is 0. The molecule has 0 aliphatic carbocycles. The van der Waals surface area contributed by atoms with Crippen molar-refractivity contribution in [3.8, 4) is 0 Å². The standard InChI is InChI=1S/C10H15.2ClH.U/c1-6-7(2)9(4)10(5)8(6)3;;;/h1-5H3;2*1H;/q-1;;;+2/p-2. The Morgan fingerprint density at radius 2 is 1.15 bits per heavy atom. The summed E-state index contributed by atoms with van der Waals surface area (Å²) in [5.41, 5.74) is 7.34. The van der Waals surface area contributed by atoms with Gasteiger partial charge in [0.1, 0.15) is 0 Å². The van der Waals surface area contributed by atoms with Gasteiger partial charge in [-0.05, 0) is 0 Å². The van der Waals surface area contributed by atoms with E-state index < -0.39 is 25.1 Å². The van der Waals surface area contributed by atoms with Crippen molar-refractivity contribution in [1.82, 2.24) is 0 Å². The molecule has 0 saturated heterocycles. The van der Waals surface area contributed by atoms with E-state index in [1.54, 1.807) is 0 Å². The van der Waals surface area contributed by atoms with Crippen molar-refractivity contribution in [2.75, 3.05) is 0 Å². The van der Waals surface area contributed by atoms with Crippen LogP contribution in [0.5, 0.6) is 0 Å². The van der Waals surface area contributed by atoms with Crippen LogP contribution in [0.4, 0.5) is 0 Å². The summed E-state index contributed by atoms with van der Waals surface area (Å²) in [6.45, 7) is 11.0. The molecule has 0 spiro atoms. The molecule has 0 radical (unpaired) electrons. The molecule has 1 rings (SSSR count). The Hall–Kier alpha value is 0.982. The normalized spacial score (nSPS) is 8.85. The summed E-state index contributed by atoms with van der Waals surface area (Å²) >= 11 is -1.06. The number of hydrogen-bond acceptors (Lipinski definition) is 0. The average molecular weight is 444 g/mol. The molecule has 0 amide bonds. The van der Waals surface area contributed by atoms with Gasteiger partial charge in [-0.25, -0.2) is 0 Å². The number of rotatable bonds is 0. The summed E-state index contributed by atoms with van der Waals surface area (Å²) in [6.07, 6.45) is 0. The number of halogens is 2. The van der Waals surface area contributed by atoms with Gasteiger partial charge in [-0.15, -0.1) is 0 Å². The van der Waals surface area contributed by atoms with Gasteiger partial charge >= 0.3 is 40.3 Å². The molecule has 0 aliphatic rings. The summed E-state index contributed by atoms with van der Waals surface area (Å²) in [7, 11) is 9.95. The van der Waals surface area contributed by atoms with Crippen LogP contribution in [0.1, 0.15) is 27.8 Å². The van der Waals surface area contributed by atoms with Crippen LogP contribution < -0.4 is 0 Å². The van der Waals surface area contributed by atoms with Crippen molar-refractivity contribution in [3.05, 3.63) is 27.8 Å². The predicted octanol–water partition coefficient (Wildman–Crippen LogP) is 4.33. The minimum absolute atomic E-state index is 1.06. The van der Waals surface area contributed by atoms with Gasteiger partial charge < -0.3 is 0 Å². The first-order valence-electron chi connectivity index (χ1n) is 4.13. The van der Waals surface area contributed by atoms with Gasteiger partial charge in [-0.1, -0.05) is 34.6 Å². The molecule has 1 aromatic rings. The zero-order valence-corrected chi connectivity index (χ0v) is 14.4. The fourth-order valence-electron chi connectivity index (χ4n) is 1.41. The van der Waals surface area contributed by atoms with Crippen molar-refractivity contribution < 1.29 is 25.1 Å². The van der Waals surface area contributed by atoms with Crippen molar-refractivity contribution in [2.45, 2.75) is 34.6 Å². The molecule has 0 atom stereocenters. The quantitative estimate of drug-likeness (QED) is 0.523. The first kappa shape index (κ1) is 14.0. The molecular weight excluding hydrogens is 429 g/mol. The molecule has 1 aromatic carbocycles. The summed E-state index contributed by atoms with van der Waals surface area (Å²) in [4.78, 5) is 0. The third kappa shape index (κ3) is 3.56. The predicted molar refractivity (Wildman–Crippen MR) is 57.4 cm³/mol. The summed E-state index contributed by atoms with van der Waals surface area (Å²) < 4.78 is 0. The molecule has 0 bridgehead atoms. The van der Waals surface area contributed by atoms with E-state index in [4.69, 9.17) is 15.2 Å². The zero-order chi connectivity index (χ0) is 10.6. The van der Waals surface area contributed by atoms with Gasteiger partial charge in [0.25, 0.3) is 0 Å². The average Bonchev–Trinajstić information content (AvgIpc) is 2.25. The van der Waals surface area contributed by atoms with Crippen LogP contribution in [-0.4, -0.2) is 0 Å². The molecule has 0 unspecified atom stereocenters. The maximum atomic E-state index is 4.97. The van der Waals surface area contributed by atoms with E-state index in [1.807, 2.05) is 0 Å². The third-order valence-corrected chi connectivity index (χ3v) is 2.81. The summed E-state index contributed by atoms with van der Waals surface area (Å²) in [5, 5.41) is 0. The van der Waals surface area contributed by atoms with E-state index in [2.05, 4.69) is 34.6 Å². The SMILES string of the molecule is Cc1c(C)c(C)[c-](C)c1C.[Cl][U][Cl]. The molecule has 0 saturated carbocycles. The molecule has 0 nitrogen and oxygen atoms in total. The summed E-state index contributed by atoms with van der Waals surface area (Å²) in [5.74, 6) is 0. The Morgan fingerprint density at radius 3 is 1.23 bits per heavy atom. The zero-order valence-electron chi connectivity index (χ0n) is 8.76. The third-order valence-electron chi connectivity index (χ3n) is 2.81. The van der Waals surface area contributed by atoms with Crippen molar-refractivity contribution >= 4 is 15.2 Å². The Labute approximate surface area is 102 Å². The van der Waals surface area contributed by atoms with E-state index in [-0.39, 0.29) is 0 Å². The van der Waals surface area contributed by atoms with E-state index in [1.165, 1.54) is 27.8 Å².